The Balaban J connectivity index is 0.00000169. The number of hydrogen-bond donors (Lipinski definition) is 2. The molecule has 6 heteroatoms. The van der Waals surface area contributed by atoms with Gasteiger partial charge in [-0.2, -0.15) is 0 Å². The SMILES string of the molecule is CC1CCCN(Cc2ccccc2CNC(=O)C2(N)CCCC2)C1.Cl.Cl. The summed E-state index contributed by atoms with van der Waals surface area (Å²) < 4.78 is 0. The van der Waals surface area contributed by atoms with Crippen molar-refractivity contribution in [1.29, 1.82) is 0 Å². The van der Waals surface area contributed by atoms with Gasteiger partial charge in [-0.1, -0.05) is 44.0 Å². The van der Waals surface area contributed by atoms with Crippen LogP contribution in [0.25, 0.3) is 0 Å². The van der Waals surface area contributed by atoms with Gasteiger partial charge in [-0.3, -0.25) is 9.69 Å². The zero-order valence-corrected chi connectivity index (χ0v) is 17.3. The van der Waals surface area contributed by atoms with Crippen LogP contribution >= 0.6 is 24.8 Å². The van der Waals surface area contributed by atoms with Gasteiger partial charge >= 0.3 is 0 Å². The van der Waals surface area contributed by atoms with Gasteiger partial charge in [0.05, 0.1) is 5.54 Å². The lowest BCUT2D eigenvalue weighted by atomic mass is 9.97. The molecular formula is C20H33Cl2N3O. The Bertz CT molecular complexity index is 576. The highest BCUT2D eigenvalue weighted by Gasteiger charge is 2.36. The van der Waals surface area contributed by atoms with Gasteiger partial charge in [0, 0.05) is 19.6 Å². The summed E-state index contributed by atoms with van der Waals surface area (Å²) in [7, 11) is 0. The van der Waals surface area contributed by atoms with E-state index in [2.05, 4.69) is 41.4 Å². The Hall–Kier alpha value is -0.810. The van der Waals surface area contributed by atoms with Gasteiger partial charge in [-0.25, -0.2) is 0 Å². The van der Waals surface area contributed by atoms with Crippen LogP contribution in [0.15, 0.2) is 24.3 Å². The number of amides is 1. The van der Waals surface area contributed by atoms with Crippen molar-refractivity contribution in [2.24, 2.45) is 11.7 Å². The smallest absolute Gasteiger partial charge is 0.240 e. The fourth-order valence-corrected chi connectivity index (χ4v) is 4.14. The summed E-state index contributed by atoms with van der Waals surface area (Å²) in [6.07, 6.45) is 6.38. The van der Waals surface area contributed by atoms with E-state index in [9.17, 15) is 4.79 Å². The van der Waals surface area contributed by atoms with Crippen molar-refractivity contribution < 1.29 is 4.79 Å². The predicted molar refractivity (Wildman–Crippen MR) is 112 cm³/mol. The van der Waals surface area contributed by atoms with Crippen LogP contribution in [0.5, 0.6) is 0 Å². The van der Waals surface area contributed by atoms with Gasteiger partial charge in [-0.05, 0) is 49.3 Å². The first-order chi connectivity index (χ1) is 11.6. The van der Waals surface area contributed by atoms with Gasteiger partial charge in [0.25, 0.3) is 0 Å². The quantitative estimate of drug-likeness (QED) is 0.791. The third-order valence-corrected chi connectivity index (χ3v) is 5.64. The summed E-state index contributed by atoms with van der Waals surface area (Å²) >= 11 is 0. The highest BCUT2D eigenvalue weighted by Crippen LogP contribution is 2.27. The number of nitrogens with two attached hydrogens (primary N) is 1. The molecule has 1 saturated carbocycles. The fourth-order valence-electron chi connectivity index (χ4n) is 4.14. The molecule has 0 bridgehead atoms. The molecule has 1 saturated heterocycles. The first kappa shape index (κ1) is 23.2. The minimum atomic E-state index is -0.642. The summed E-state index contributed by atoms with van der Waals surface area (Å²) in [6, 6.07) is 8.46. The molecule has 0 radical (unpaired) electrons. The van der Waals surface area contributed by atoms with Crippen LogP contribution in [0.4, 0.5) is 0 Å². The van der Waals surface area contributed by atoms with E-state index in [-0.39, 0.29) is 30.7 Å². The minimum Gasteiger partial charge on any atom is -0.350 e. The molecule has 1 amide bonds. The molecule has 1 aliphatic heterocycles. The number of nitrogens with one attached hydrogen (secondary N) is 1. The van der Waals surface area contributed by atoms with Crippen molar-refractivity contribution in [3.8, 4) is 0 Å². The number of nitrogens with zero attached hydrogens (tertiary/aromatic N) is 1. The van der Waals surface area contributed by atoms with Crippen LogP contribution in [-0.2, 0) is 17.9 Å². The number of carbonyl (C=O) groups excluding carboxylic acids is 1. The van der Waals surface area contributed by atoms with Crippen molar-refractivity contribution in [3.63, 3.8) is 0 Å². The predicted octanol–water partition coefficient (Wildman–Crippen LogP) is 3.65. The Labute approximate surface area is 170 Å². The van der Waals surface area contributed by atoms with Gasteiger partial charge in [0.2, 0.25) is 5.91 Å². The lowest BCUT2D eigenvalue weighted by Crippen LogP contribution is -2.51. The van der Waals surface area contributed by atoms with Crippen molar-refractivity contribution in [2.75, 3.05) is 13.1 Å². The average Bonchev–Trinajstić information content (AvgIpc) is 3.02. The number of halogens is 2. The number of benzene rings is 1. The maximum Gasteiger partial charge on any atom is 0.240 e. The third-order valence-electron chi connectivity index (χ3n) is 5.64. The number of rotatable bonds is 5. The molecular weight excluding hydrogens is 369 g/mol. The molecule has 1 heterocycles. The fraction of sp³-hybridized carbons (Fsp3) is 0.650. The zero-order chi connectivity index (χ0) is 17.0. The van der Waals surface area contributed by atoms with E-state index in [1.807, 2.05) is 0 Å². The summed E-state index contributed by atoms with van der Waals surface area (Å²) in [5.74, 6) is 0.798. The van der Waals surface area contributed by atoms with E-state index >= 15 is 0 Å². The second kappa shape index (κ2) is 10.5. The van der Waals surface area contributed by atoms with E-state index < -0.39 is 5.54 Å². The Morgan fingerprint density at radius 3 is 2.50 bits per heavy atom. The molecule has 1 atom stereocenters. The minimum absolute atomic E-state index is 0. The lowest BCUT2D eigenvalue weighted by Gasteiger charge is -2.31. The molecule has 1 aromatic carbocycles. The first-order valence-corrected chi connectivity index (χ1v) is 9.43. The van der Waals surface area contributed by atoms with Gasteiger partial charge in [0.1, 0.15) is 0 Å². The molecule has 1 aromatic rings. The molecule has 0 aromatic heterocycles. The molecule has 4 nitrogen and oxygen atoms in total. The van der Waals surface area contributed by atoms with Crippen molar-refractivity contribution in [3.05, 3.63) is 35.4 Å². The summed E-state index contributed by atoms with van der Waals surface area (Å²) in [5, 5.41) is 3.09. The van der Waals surface area contributed by atoms with Gasteiger partial charge in [0.15, 0.2) is 0 Å². The Morgan fingerprint density at radius 2 is 1.85 bits per heavy atom. The second-order valence-electron chi connectivity index (χ2n) is 7.80. The van der Waals surface area contributed by atoms with E-state index in [0.29, 0.717) is 6.54 Å². The van der Waals surface area contributed by atoms with Crippen LogP contribution in [0.1, 0.15) is 56.6 Å². The second-order valence-corrected chi connectivity index (χ2v) is 7.80. The first-order valence-electron chi connectivity index (χ1n) is 9.43. The number of piperidine rings is 1. The standard InChI is InChI=1S/C20H31N3O.2ClH/c1-16-7-6-12-23(14-16)15-18-9-3-2-8-17(18)13-22-19(24)20(21)10-4-5-11-20;;/h2-3,8-9,16H,4-7,10-15,21H2,1H3,(H,22,24);2*1H. The number of hydrogen-bond acceptors (Lipinski definition) is 3. The van der Waals surface area contributed by atoms with Crippen molar-refractivity contribution >= 4 is 30.7 Å². The molecule has 26 heavy (non-hydrogen) atoms. The largest absolute Gasteiger partial charge is 0.350 e. The summed E-state index contributed by atoms with van der Waals surface area (Å²) in [6.45, 7) is 6.24. The monoisotopic (exact) mass is 401 g/mol. The topological polar surface area (TPSA) is 58.4 Å². The van der Waals surface area contributed by atoms with Crippen LogP contribution in [0, 0.1) is 5.92 Å². The van der Waals surface area contributed by atoms with E-state index in [0.717, 1.165) is 38.1 Å². The van der Waals surface area contributed by atoms with Crippen LogP contribution < -0.4 is 11.1 Å². The molecule has 3 N–H and O–H groups in total. The van der Waals surface area contributed by atoms with Crippen molar-refractivity contribution in [1.82, 2.24) is 10.2 Å². The molecule has 2 fully saturated rings. The molecule has 0 spiro atoms. The number of carbonyl (C=O) groups is 1. The maximum atomic E-state index is 12.4. The molecule has 3 rings (SSSR count). The highest BCUT2D eigenvalue weighted by molar-refractivity contribution is 5.86. The van der Waals surface area contributed by atoms with Gasteiger partial charge in [-0.15, -0.1) is 24.8 Å². The molecule has 148 valence electrons. The van der Waals surface area contributed by atoms with Gasteiger partial charge < -0.3 is 11.1 Å². The molecule has 2 aliphatic rings. The molecule has 1 aliphatic carbocycles. The highest BCUT2D eigenvalue weighted by atomic mass is 35.5. The summed E-state index contributed by atoms with van der Waals surface area (Å²) in [4.78, 5) is 15.0. The maximum absolute atomic E-state index is 12.4. The Morgan fingerprint density at radius 1 is 1.19 bits per heavy atom. The van der Waals surface area contributed by atoms with E-state index in [1.54, 1.807) is 0 Å². The zero-order valence-electron chi connectivity index (χ0n) is 15.7. The summed E-state index contributed by atoms with van der Waals surface area (Å²) in [5.41, 5.74) is 8.14. The van der Waals surface area contributed by atoms with E-state index in [1.165, 1.54) is 37.1 Å². The number of likely N-dealkylation sites (tertiary alicyclic amines) is 1. The van der Waals surface area contributed by atoms with Crippen molar-refractivity contribution in [2.45, 2.75) is 64.1 Å². The lowest BCUT2D eigenvalue weighted by molar-refractivity contribution is -0.126. The van der Waals surface area contributed by atoms with Crippen LogP contribution in [0.2, 0.25) is 0 Å². The van der Waals surface area contributed by atoms with Crippen LogP contribution in [0.3, 0.4) is 0 Å². The average molecular weight is 402 g/mol. The molecule has 1 unspecified atom stereocenters. The van der Waals surface area contributed by atoms with Crippen LogP contribution in [-0.4, -0.2) is 29.4 Å². The Kier molecular flexibility index (Phi) is 9.39. The van der Waals surface area contributed by atoms with E-state index in [4.69, 9.17) is 5.73 Å². The third kappa shape index (κ3) is 5.85. The normalized spacial score (nSPS) is 22.2.